The van der Waals surface area contributed by atoms with Crippen molar-refractivity contribution in [2.75, 3.05) is 0 Å². The number of nitrogens with two attached hydrogens (primary N) is 1. The van der Waals surface area contributed by atoms with E-state index in [0.29, 0.717) is 18.4 Å². The van der Waals surface area contributed by atoms with Crippen molar-refractivity contribution < 1.29 is 4.42 Å². The maximum atomic E-state index is 5.51. The number of hydrogen-bond donors (Lipinski definition) is 1. The molecule has 12 heavy (non-hydrogen) atoms. The number of nitrogens with zero attached hydrogens (tertiary/aromatic N) is 1. The lowest BCUT2D eigenvalue weighted by atomic mass is 9.94. The summed E-state index contributed by atoms with van der Waals surface area (Å²) in [6, 6.07) is 0. The molecule has 1 heterocycles. The van der Waals surface area contributed by atoms with Gasteiger partial charge in [0.25, 0.3) is 0 Å². The van der Waals surface area contributed by atoms with Gasteiger partial charge in [-0.3, -0.25) is 0 Å². The monoisotopic (exact) mass is 168 g/mol. The van der Waals surface area contributed by atoms with Crippen LogP contribution in [0, 0.1) is 5.92 Å². The number of aromatic nitrogens is 1. The molecule has 3 nitrogen and oxygen atoms in total. The van der Waals surface area contributed by atoms with Crippen LogP contribution in [0.3, 0.4) is 0 Å². The largest absolute Gasteiger partial charge is 0.448 e. The van der Waals surface area contributed by atoms with Crippen LogP contribution in [0.25, 0.3) is 0 Å². The van der Waals surface area contributed by atoms with Crippen molar-refractivity contribution in [2.45, 2.75) is 33.2 Å². The summed E-state index contributed by atoms with van der Waals surface area (Å²) in [5.41, 5.74) is 6.40. The van der Waals surface area contributed by atoms with E-state index in [2.05, 4.69) is 25.8 Å². The van der Waals surface area contributed by atoms with E-state index in [1.165, 1.54) is 6.39 Å². The predicted octanol–water partition coefficient (Wildman–Crippen LogP) is 1.89. The fraction of sp³-hybridized carbons (Fsp3) is 0.667. The van der Waals surface area contributed by atoms with Crippen LogP contribution in [0.2, 0.25) is 0 Å². The average Bonchev–Trinajstić information content (AvgIpc) is 2.49. The molecule has 0 fully saturated rings. The summed E-state index contributed by atoms with van der Waals surface area (Å²) in [6.45, 7) is 6.91. The smallest absolute Gasteiger partial charge is 0.181 e. The van der Waals surface area contributed by atoms with E-state index in [0.717, 1.165) is 11.5 Å². The van der Waals surface area contributed by atoms with Crippen LogP contribution < -0.4 is 5.73 Å². The first-order chi connectivity index (χ1) is 5.66. The molecule has 0 aromatic carbocycles. The molecule has 0 amide bonds. The highest BCUT2D eigenvalue weighted by atomic mass is 16.3. The summed E-state index contributed by atoms with van der Waals surface area (Å²) in [7, 11) is 0. The summed E-state index contributed by atoms with van der Waals surface area (Å²) in [5.74, 6) is 1.89. The molecule has 2 N–H and O–H groups in total. The van der Waals surface area contributed by atoms with Gasteiger partial charge in [-0.1, -0.05) is 20.8 Å². The van der Waals surface area contributed by atoms with E-state index in [-0.39, 0.29) is 0 Å². The second-order valence-corrected chi connectivity index (χ2v) is 3.40. The first-order valence-corrected chi connectivity index (χ1v) is 4.29. The zero-order chi connectivity index (χ0) is 9.14. The number of oxazole rings is 1. The summed E-state index contributed by atoms with van der Waals surface area (Å²) in [4.78, 5) is 4.05. The SMILES string of the molecule is CC(C)C(C)c1ocnc1CN. The van der Waals surface area contributed by atoms with Crippen LogP contribution in [0.1, 0.15) is 38.1 Å². The topological polar surface area (TPSA) is 52.0 Å². The Labute approximate surface area is 73.0 Å². The highest BCUT2D eigenvalue weighted by Crippen LogP contribution is 2.25. The maximum Gasteiger partial charge on any atom is 0.181 e. The number of rotatable bonds is 3. The zero-order valence-corrected chi connectivity index (χ0v) is 7.87. The first-order valence-electron chi connectivity index (χ1n) is 4.29. The molecule has 1 aromatic rings. The molecule has 1 rings (SSSR count). The lowest BCUT2D eigenvalue weighted by Gasteiger charge is -2.12. The molecule has 0 saturated carbocycles. The van der Waals surface area contributed by atoms with Crippen LogP contribution in [0.4, 0.5) is 0 Å². The Morgan fingerprint density at radius 3 is 2.67 bits per heavy atom. The molecule has 0 aliphatic heterocycles. The van der Waals surface area contributed by atoms with Crippen molar-refractivity contribution in [3.05, 3.63) is 17.8 Å². The Morgan fingerprint density at radius 2 is 2.17 bits per heavy atom. The molecule has 0 radical (unpaired) electrons. The van der Waals surface area contributed by atoms with Crippen LogP contribution >= 0.6 is 0 Å². The summed E-state index contributed by atoms with van der Waals surface area (Å²) >= 11 is 0. The van der Waals surface area contributed by atoms with Crippen LogP contribution in [0.15, 0.2) is 10.8 Å². The summed E-state index contributed by atoms with van der Waals surface area (Å²) in [5, 5.41) is 0. The average molecular weight is 168 g/mol. The van der Waals surface area contributed by atoms with Crippen LogP contribution in [-0.2, 0) is 6.54 Å². The van der Waals surface area contributed by atoms with E-state index in [1.807, 2.05) is 0 Å². The molecule has 0 spiro atoms. The quantitative estimate of drug-likeness (QED) is 0.749. The molecular formula is C9H16N2O. The normalized spacial score (nSPS) is 13.8. The fourth-order valence-electron chi connectivity index (χ4n) is 1.10. The second-order valence-electron chi connectivity index (χ2n) is 3.40. The molecule has 0 aliphatic carbocycles. The predicted molar refractivity (Wildman–Crippen MR) is 47.6 cm³/mol. The van der Waals surface area contributed by atoms with Crippen LogP contribution in [0.5, 0.6) is 0 Å². The van der Waals surface area contributed by atoms with Gasteiger partial charge < -0.3 is 10.2 Å². The van der Waals surface area contributed by atoms with Gasteiger partial charge in [0.05, 0.1) is 5.69 Å². The minimum absolute atomic E-state index is 0.394. The Hall–Kier alpha value is -0.830. The maximum absolute atomic E-state index is 5.51. The van der Waals surface area contributed by atoms with Gasteiger partial charge in [-0.05, 0) is 5.92 Å². The number of hydrogen-bond acceptors (Lipinski definition) is 3. The third kappa shape index (κ3) is 1.67. The lowest BCUT2D eigenvalue weighted by Crippen LogP contribution is -2.07. The van der Waals surface area contributed by atoms with Crippen molar-refractivity contribution in [3.63, 3.8) is 0 Å². The van der Waals surface area contributed by atoms with Crippen molar-refractivity contribution in [3.8, 4) is 0 Å². The molecule has 1 atom stereocenters. The molecule has 1 aromatic heterocycles. The summed E-state index contributed by atoms with van der Waals surface area (Å²) in [6.07, 6.45) is 1.47. The zero-order valence-electron chi connectivity index (χ0n) is 7.87. The van der Waals surface area contributed by atoms with Gasteiger partial charge in [0.1, 0.15) is 5.76 Å². The molecule has 3 heteroatoms. The molecule has 0 saturated heterocycles. The van der Waals surface area contributed by atoms with Gasteiger partial charge in [-0.2, -0.15) is 0 Å². The Morgan fingerprint density at radius 1 is 1.50 bits per heavy atom. The Bertz CT molecular complexity index is 242. The van der Waals surface area contributed by atoms with E-state index in [4.69, 9.17) is 10.2 Å². The Kier molecular flexibility index (Phi) is 2.87. The molecular weight excluding hydrogens is 152 g/mol. The molecule has 0 aliphatic rings. The second kappa shape index (κ2) is 3.72. The van der Waals surface area contributed by atoms with Crippen molar-refractivity contribution >= 4 is 0 Å². The third-order valence-corrected chi connectivity index (χ3v) is 2.28. The van der Waals surface area contributed by atoms with Gasteiger partial charge in [-0.25, -0.2) is 4.98 Å². The molecule has 68 valence electrons. The van der Waals surface area contributed by atoms with Gasteiger partial charge in [0, 0.05) is 12.5 Å². The van der Waals surface area contributed by atoms with Gasteiger partial charge in [0.15, 0.2) is 6.39 Å². The van der Waals surface area contributed by atoms with E-state index < -0.39 is 0 Å². The van der Waals surface area contributed by atoms with Gasteiger partial charge in [0.2, 0.25) is 0 Å². The van der Waals surface area contributed by atoms with Crippen LogP contribution in [-0.4, -0.2) is 4.98 Å². The Balaban J connectivity index is 2.86. The van der Waals surface area contributed by atoms with Gasteiger partial charge >= 0.3 is 0 Å². The van der Waals surface area contributed by atoms with Crippen molar-refractivity contribution in [1.82, 2.24) is 4.98 Å². The highest BCUT2D eigenvalue weighted by Gasteiger charge is 2.17. The van der Waals surface area contributed by atoms with Crippen molar-refractivity contribution in [1.29, 1.82) is 0 Å². The molecule has 1 unspecified atom stereocenters. The van der Waals surface area contributed by atoms with E-state index in [9.17, 15) is 0 Å². The lowest BCUT2D eigenvalue weighted by molar-refractivity contribution is 0.409. The fourth-order valence-corrected chi connectivity index (χ4v) is 1.10. The summed E-state index contributed by atoms with van der Waals surface area (Å²) < 4.78 is 5.29. The van der Waals surface area contributed by atoms with E-state index >= 15 is 0 Å². The minimum atomic E-state index is 0.394. The van der Waals surface area contributed by atoms with Crippen molar-refractivity contribution in [2.24, 2.45) is 11.7 Å². The standard InChI is InChI=1S/C9H16N2O/c1-6(2)7(3)9-8(4-10)11-5-12-9/h5-7H,4,10H2,1-3H3. The molecule has 0 bridgehead atoms. The highest BCUT2D eigenvalue weighted by molar-refractivity contribution is 5.11. The van der Waals surface area contributed by atoms with Gasteiger partial charge in [-0.15, -0.1) is 0 Å². The minimum Gasteiger partial charge on any atom is -0.448 e. The first kappa shape index (κ1) is 9.26. The third-order valence-electron chi connectivity index (χ3n) is 2.28. The van der Waals surface area contributed by atoms with E-state index in [1.54, 1.807) is 0 Å².